The number of aromatic nitrogens is 2. The minimum absolute atomic E-state index is 0.184. The fourth-order valence-electron chi connectivity index (χ4n) is 2.41. The first-order valence-corrected chi connectivity index (χ1v) is 9.93. The molecular formula is C17H13N3O2S3. The summed E-state index contributed by atoms with van der Waals surface area (Å²) in [5, 5.41) is 6.30. The number of anilines is 1. The highest BCUT2D eigenvalue weighted by Crippen LogP contribution is 2.34. The molecule has 0 aliphatic rings. The van der Waals surface area contributed by atoms with Gasteiger partial charge in [-0.05, 0) is 30.5 Å². The SMILES string of the molecule is COc1cccc2sc(NC(=O)c3sc(-c4cccs4)nc3C)nc12. The molecule has 1 amide bonds. The van der Waals surface area contributed by atoms with Crippen molar-refractivity contribution < 1.29 is 9.53 Å². The van der Waals surface area contributed by atoms with Crippen LogP contribution in [-0.2, 0) is 0 Å². The number of methoxy groups -OCH3 is 1. The second-order valence-corrected chi connectivity index (χ2v) is 8.17. The zero-order valence-electron chi connectivity index (χ0n) is 13.4. The van der Waals surface area contributed by atoms with Crippen molar-refractivity contribution >= 4 is 55.3 Å². The average molecular weight is 388 g/mol. The normalized spacial score (nSPS) is 11.0. The maximum absolute atomic E-state index is 12.6. The van der Waals surface area contributed by atoms with Crippen molar-refractivity contribution in [2.24, 2.45) is 0 Å². The van der Waals surface area contributed by atoms with Gasteiger partial charge < -0.3 is 4.74 Å². The van der Waals surface area contributed by atoms with Gasteiger partial charge in [-0.2, -0.15) is 0 Å². The topological polar surface area (TPSA) is 64.1 Å². The van der Waals surface area contributed by atoms with Gasteiger partial charge in [-0.15, -0.1) is 22.7 Å². The van der Waals surface area contributed by atoms with E-state index in [0.717, 1.165) is 25.8 Å². The monoisotopic (exact) mass is 387 g/mol. The Hall–Kier alpha value is -2.29. The van der Waals surface area contributed by atoms with E-state index in [-0.39, 0.29) is 5.91 Å². The highest BCUT2D eigenvalue weighted by atomic mass is 32.1. The summed E-state index contributed by atoms with van der Waals surface area (Å²) >= 11 is 4.43. The van der Waals surface area contributed by atoms with Gasteiger partial charge in [0.1, 0.15) is 21.2 Å². The predicted octanol–water partition coefficient (Wildman–Crippen LogP) is 5.05. The van der Waals surface area contributed by atoms with Crippen molar-refractivity contribution in [3.05, 3.63) is 46.3 Å². The van der Waals surface area contributed by atoms with Crippen LogP contribution in [0.25, 0.3) is 20.1 Å². The third kappa shape index (κ3) is 3.04. The number of rotatable bonds is 4. The number of hydrogen-bond donors (Lipinski definition) is 1. The lowest BCUT2D eigenvalue weighted by atomic mass is 10.3. The minimum Gasteiger partial charge on any atom is -0.494 e. The number of thiophene rings is 1. The van der Waals surface area contributed by atoms with Crippen molar-refractivity contribution in [2.75, 3.05) is 12.4 Å². The summed E-state index contributed by atoms with van der Waals surface area (Å²) in [5.74, 6) is 0.513. The Bertz CT molecular complexity index is 1050. The Morgan fingerprint density at radius 3 is 2.80 bits per heavy atom. The van der Waals surface area contributed by atoms with E-state index < -0.39 is 0 Å². The van der Waals surface area contributed by atoms with E-state index in [2.05, 4.69) is 15.3 Å². The van der Waals surface area contributed by atoms with E-state index >= 15 is 0 Å². The quantitative estimate of drug-likeness (QED) is 0.532. The number of carbonyl (C=O) groups excluding carboxylic acids is 1. The van der Waals surface area contributed by atoms with Gasteiger partial charge in [0.05, 0.1) is 22.4 Å². The molecule has 25 heavy (non-hydrogen) atoms. The third-order valence-corrected chi connectivity index (χ3v) is 6.69. The van der Waals surface area contributed by atoms with E-state index in [1.165, 1.54) is 22.7 Å². The van der Waals surface area contributed by atoms with Crippen molar-refractivity contribution in [1.82, 2.24) is 9.97 Å². The van der Waals surface area contributed by atoms with Crippen molar-refractivity contribution in [3.63, 3.8) is 0 Å². The molecule has 0 aliphatic carbocycles. The van der Waals surface area contributed by atoms with Gasteiger partial charge in [0, 0.05) is 0 Å². The first-order chi connectivity index (χ1) is 12.2. The van der Waals surface area contributed by atoms with Crippen LogP contribution in [0.5, 0.6) is 5.75 Å². The largest absolute Gasteiger partial charge is 0.494 e. The van der Waals surface area contributed by atoms with Crippen LogP contribution < -0.4 is 10.1 Å². The molecule has 0 bridgehead atoms. The zero-order valence-corrected chi connectivity index (χ0v) is 15.8. The summed E-state index contributed by atoms with van der Waals surface area (Å²) in [7, 11) is 1.61. The van der Waals surface area contributed by atoms with Crippen molar-refractivity contribution in [1.29, 1.82) is 0 Å². The van der Waals surface area contributed by atoms with Crippen LogP contribution in [0.1, 0.15) is 15.4 Å². The number of para-hydroxylation sites is 1. The summed E-state index contributed by atoms with van der Waals surface area (Å²) in [6.07, 6.45) is 0. The summed E-state index contributed by atoms with van der Waals surface area (Å²) in [4.78, 5) is 23.3. The average Bonchev–Trinajstić information content (AvgIpc) is 3.32. The summed E-state index contributed by atoms with van der Waals surface area (Å²) in [5.41, 5.74) is 1.48. The van der Waals surface area contributed by atoms with Crippen LogP contribution in [0.2, 0.25) is 0 Å². The van der Waals surface area contributed by atoms with Crippen LogP contribution in [0.4, 0.5) is 5.13 Å². The van der Waals surface area contributed by atoms with Gasteiger partial charge in [-0.25, -0.2) is 9.97 Å². The molecule has 8 heteroatoms. The molecular weight excluding hydrogens is 374 g/mol. The number of nitrogens with zero attached hydrogens (tertiary/aromatic N) is 2. The number of hydrogen-bond acceptors (Lipinski definition) is 7. The molecule has 3 heterocycles. The molecule has 4 aromatic rings. The molecule has 0 fully saturated rings. The highest BCUT2D eigenvalue weighted by molar-refractivity contribution is 7.23. The Balaban J connectivity index is 1.62. The van der Waals surface area contributed by atoms with E-state index in [4.69, 9.17) is 4.74 Å². The maximum Gasteiger partial charge on any atom is 0.269 e. The van der Waals surface area contributed by atoms with Gasteiger partial charge in [0.15, 0.2) is 5.13 Å². The number of fused-ring (bicyclic) bond motifs is 1. The summed E-state index contributed by atoms with van der Waals surface area (Å²) < 4.78 is 6.29. The van der Waals surface area contributed by atoms with Crippen LogP contribution in [0.3, 0.4) is 0 Å². The van der Waals surface area contributed by atoms with Gasteiger partial charge >= 0.3 is 0 Å². The molecule has 1 N–H and O–H groups in total. The first-order valence-electron chi connectivity index (χ1n) is 7.42. The van der Waals surface area contributed by atoms with Gasteiger partial charge in [0.25, 0.3) is 5.91 Å². The van der Waals surface area contributed by atoms with Gasteiger partial charge in [-0.3, -0.25) is 10.1 Å². The van der Waals surface area contributed by atoms with Crippen LogP contribution in [0, 0.1) is 6.92 Å². The van der Waals surface area contributed by atoms with Gasteiger partial charge in [-0.1, -0.05) is 23.5 Å². The lowest BCUT2D eigenvalue weighted by Crippen LogP contribution is -2.11. The minimum atomic E-state index is -0.184. The number of amides is 1. The lowest BCUT2D eigenvalue weighted by molar-refractivity contribution is 0.103. The number of aryl methyl sites for hydroxylation is 1. The second-order valence-electron chi connectivity index (χ2n) is 5.19. The molecule has 3 aromatic heterocycles. The van der Waals surface area contributed by atoms with Crippen molar-refractivity contribution in [2.45, 2.75) is 6.92 Å². The number of nitrogens with one attached hydrogen (secondary N) is 1. The molecule has 5 nitrogen and oxygen atoms in total. The first kappa shape index (κ1) is 16.2. The smallest absolute Gasteiger partial charge is 0.269 e. The fourth-order valence-corrected chi connectivity index (χ4v) is 5.04. The standard InChI is InChI=1S/C17H13N3O2S3/c1-9-14(25-16(18-9)12-7-4-8-23-12)15(21)20-17-19-13-10(22-2)5-3-6-11(13)24-17/h3-8H,1-2H3,(H,19,20,21). The van der Waals surface area contributed by atoms with E-state index in [1.54, 1.807) is 18.4 Å². The highest BCUT2D eigenvalue weighted by Gasteiger charge is 2.18. The molecule has 0 atom stereocenters. The fraction of sp³-hybridized carbons (Fsp3) is 0.118. The predicted molar refractivity (Wildman–Crippen MR) is 104 cm³/mol. The van der Waals surface area contributed by atoms with Crippen LogP contribution >= 0.6 is 34.0 Å². The molecule has 0 unspecified atom stereocenters. The molecule has 0 radical (unpaired) electrons. The number of thiazole rings is 2. The molecule has 0 aliphatic heterocycles. The number of carbonyl (C=O) groups is 1. The maximum atomic E-state index is 12.6. The molecule has 0 saturated heterocycles. The van der Waals surface area contributed by atoms with Crippen LogP contribution in [0.15, 0.2) is 35.7 Å². The van der Waals surface area contributed by atoms with E-state index in [0.29, 0.717) is 15.8 Å². The Morgan fingerprint density at radius 2 is 2.04 bits per heavy atom. The number of ether oxygens (including phenoxy) is 1. The Kier molecular flexibility index (Phi) is 4.24. The summed E-state index contributed by atoms with van der Waals surface area (Å²) in [6.45, 7) is 1.85. The van der Waals surface area contributed by atoms with E-state index in [9.17, 15) is 4.79 Å². The summed E-state index contributed by atoms with van der Waals surface area (Å²) in [6, 6.07) is 9.70. The molecule has 4 rings (SSSR count). The lowest BCUT2D eigenvalue weighted by Gasteiger charge is -1.99. The number of benzene rings is 1. The molecule has 126 valence electrons. The Morgan fingerprint density at radius 1 is 1.16 bits per heavy atom. The Labute approximate surface area is 156 Å². The molecule has 1 aromatic carbocycles. The zero-order chi connectivity index (χ0) is 17.4. The third-order valence-electron chi connectivity index (χ3n) is 3.56. The molecule has 0 spiro atoms. The van der Waals surface area contributed by atoms with Gasteiger partial charge in [0.2, 0.25) is 0 Å². The van der Waals surface area contributed by atoms with Crippen molar-refractivity contribution in [3.8, 4) is 15.6 Å². The second kappa shape index (κ2) is 6.55. The van der Waals surface area contributed by atoms with Crippen LogP contribution in [-0.4, -0.2) is 23.0 Å². The van der Waals surface area contributed by atoms with E-state index in [1.807, 2.05) is 42.6 Å². The molecule has 0 saturated carbocycles.